The van der Waals surface area contributed by atoms with Crippen molar-refractivity contribution in [1.82, 2.24) is 10.6 Å². The van der Waals surface area contributed by atoms with Crippen LogP contribution in [0.2, 0.25) is 0 Å². The van der Waals surface area contributed by atoms with Gasteiger partial charge in [0.25, 0.3) is 0 Å². The second-order valence-corrected chi connectivity index (χ2v) is 6.45. The van der Waals surface area contributed by atoms with Crippen LogP contribution in [-0.4, -0.2) is 26.1 Å². The number of methoxy groups -OCH3 is 1. The highest BCUT2D eigenvalue weighted by Crippen LogP contribution is 2.25. The number of carbonyl (C=O) groups is 1. The van der Waals surface area contributed by atoms with Crippen LogP contribution in [0.5, 0.6) is 5.75 Å². The molecule has 0 aromatic heterocycles. The van der Waals surface area contributed by atoms with Crippen LogP contribution in [0.3, 0.4) is 0 Å². The molecule has 1 aromatic rings. The molecular formula is C18H27FN2O2. The Labute approximate surface area is 137 Å². The summed E-state index contributed by atoms with van der Waals surface area (Å²) in [6.45, 7) is 6.10. The first kappa shape index (κ1) is 17.7. The van der Waals surface area contributed by atoms with Crippen molar-refractivity contribution < 1.29 is 13.9 Å². The molecule has 1 amide bonds. The molecule has 1 aromatic carbocycles. The lowest BCUT2D eigenvalue weighted by Gasteiger charge is -2.28. The van der Waals surface area contributed by atoms with Gasteiger partial charge in [0.2, 0.25) is 5.91 Å². The highest BCUT2D eigenvalue weighted by Gasteiger charge is 2.22. The Hall–Kier alpha value is -1.62. The van der Waals surface area contributed by atoms with E-state index in [0.29, 0.717) is 18.3 Å². The van der Waals surface area contributed by atoms with Gasteiger partial charge >= 0.3 is 0 Å². The van der Waals surface area contributed by atoms with Gasteiger partial charge < -0.3 is 15.4 Å². The van der Waals surface area contributed by atoms with Crippen molar-refractivity contribution in [2.24, 2.45) is 11.8 Å². The van der Waals surface area contributed by atoms with Gasteiger partial charge in [0.1, 0.15) is 0 Å². The van der Waals surface area contributed by atoms with Crippen LogP contribution < -0.4 is 15.4 Å². The fourth-order valence-corrected chi connectivity index (χ4v) is 3.21. The summed E-state index contributed by atoms with van der Waals surface area (Å²) in [5, 5.41) is 6.31. The molecule has 0 aliphatic carbocycles. The van der Waals surface area contributed by atoms with Crippen molar-refractivity contribution in [3.8, 4) is 5.75 Å². The Balaban J connectivity index is 1.87. The van der Waals surface area contributed by atoms with E-state index in [9.17, 15) is 9.18 Å². The highest BCUT2D eigenvalue weighted by molar-refractivity contribution is 5.76. The lowest BCUT2D eigenvalue weighted by atomic mass is 9.84. The van der Waals surface area contributed by atoms with Gasteiger partial charge in [0, 0.05) is 6.42 Å². The van der Waals surface area contributed by atoms with E-state index in [-0.39, 0.29) is 17.7 Å². The molecule has 0 spiro atoms. The molecule has 4 nitrogen and oxygen atoms in total. The number of nitrogens with one attached hydrogen (secondary N) is 2. The third kappa shape index (κ3) is 4.93. The molecular weight excluding hydrogens is 295 g/mol. The van der Waals surface area contributed by atoms with Crippen LogP contribution in [0, 0.1) is 17.7 Å². The summed E-state index contributed by atoms with van der Waals surface area (Å²) in [5.74, 6) is 0.813. The average molecular weight is 322 g/mol. The summed E-state index contributed by atoms with van der Waals surface area (Å²) in [7, 11) is 1.44. The number of rotatable bonds is 6. The fourth-order valence-electron chi connectivity index (χ4n) is 3.21. The summed E-state index contributed by atoms with van der Waals surface area (Å²) < 4.78 is 18.7. The molecule has 1 heterocycles. The van der Waals surface area contributed by atoms with E-state index in [4.69, 9.17) is 4.74 Å². The van der Waals surface area contributed by atoms with Crippen LogP contribution in [0.25, 0.3) is 0 Å². The number of hydrogen-bond donors (Lipinski definition) is 2. The second-order valence-electron chi connectivity index (χ2n) is 6.45. The Morgan fingerprint density at radius 3 is 2.70 bits per heavy atom. The zero-order chi connectivity index (χ0) is 16.8. The fraction of sp³-hybridized carbons (Fsp3) is 0.611. The van der Waals surface area contributed by atoms with Crippen LogP contribution in [0.4, 0.5) is 4.39 Å². The Kier molecular flexibility index (Phi) is 6.39. The Morgan fingerprint density at radius 1 is 1.39 bits per heavy atom. The van der Waals surface area contributed by atoms with Gasteiger partial charge in [-0.25, -0.2) is 4.39 Å². The number of amides is 1. The minimum Gasteiger partial charge on any atom is -0.494 e. The van der Waals surface area contributed by atoms with E-state index in [2.05, 4.69) is 17.6 Å². The summed E-state index contributed by atoms with van der Waals surface area (Å²) in [6.07, 6.45) is 2.79. The van der Waals surface area contributed by atoms with Crippen LogP contribution >= 0.6 is 0 Å². The first-order valence-corrected chi connectivity index (χ1v) is 8.34. The predicted octanol–water partition coefficient (Wildman–Crippen LogP) is 3.04. The molecule has 1 aliphatic rings. The average Bonchev–Trinajstić information content (AvgIpc) is 2.55. The topological polar surface area (TPSA) is 50.4 Å². The summed E-state index contributed by atoms with van der Waals surface area (Å²) >= 11 is 0. The summed E-state index contributed by atoms with van der Waals surface area (Å²) in [6, 6.07) is 4.57. The number of hydrogen-bond acceptors (Lipinski definition) is 3. The van der Waals surface area contributed by atoms with E-state index in [1.165, 1.54) is 13.2 Å². The number of ether oxygens (including phenoxy) is 1. The van der Waals surface area contributed by atoms with Gasteiger partial charge in [-0.1, -0.05) is 13.0 Å². The number of benzene rings is 1. The minimum atomic E-state index is -0.408. The van der Waals surface area contributed by atoms with Crippen molar-refractivity contribution in [3.05, 3.63) is 29.6 Å². The predicted molar refractivity (Wildman–Crippen MR) is 88.9 cm³/mol. The number of piperidine rings is 1. The first-order valence-electron chi connectivity index (χ1n) is 8.34. The first-order chi connectivity index (χ1) is 11.0. The maximum absolute atomic E-state index is 13.8. The van der Waals surface area contributed by atoms with Crippen molar-refractivity contribution in [3.63, 3.8) is 0 Å². The van der Waals surface area contributed by atoms with Gasteiger partial charge in [-0.15, -0.1) is 0 Å². The van der Waals surface area contributed by atoms with Crippen molar-refractivity contribution in [2.75, 3.05) is 20.2 Å². The quantitative estimate of drug-likeness (QED) is 0.846. The molecule has 1 aliphatic heterocycles. The maximum Gasteiger partial charge on any atom is 0.220 e. The molecule has 2 rings (SSSR count). The van der Waals surface area contributed by atoms with Gasteiger partial charge in [-0.3, -0.25) is 4.79 Å². The van der Waals surface area contributed by atoms with E-state index in [0.717, 1.165) is 31.5 Å². The Morgan fingerprint density at radius 2 is 2.09 bits per heavy atom. The van der Waals surface area contributed by atoms with Crippen molar-refractivity contribution in [2.45, 2.75) is 39.2 Å². The standard InChI is InChI=1S/C18H27FN2O2/c1-12(14-6-8-20-9-7-14)10-18(22)21-13(2)15-4-5-17(23-3)16(19)11-15/h4-5,11-14,20H,6-10H2,1-3H3,(H,21,22). The zero-order valence-electron chi connectivity index (χ0n) is 14.2. The summed E-state index contributed by atoms with van der Waals surface area (Å²) in [5.41, 5.74) is 0.742. The molecule has 2 atom stereocenters. The normalized spacial score (nSPS) is 18.3. The smallest absolute Gasteiger partial charge is 0.220 e. The third-order valence-electron chi connectivity index (χ3n) is 4.75. The van der Waals surface area contributed by atoms with Crippen LogP contribution in [0.1, 0.15) is 44.7 Å². The van der Waals surface area contributed by atoms with Crippen LogP contribution in [0.15, 0.2) is 18.2 Å². The number of halogens is 1. The molecule has 5 heteroatoms. The molecule has 1 saturated heterocycles. The second kappa shape index (κ2) is 8.29. The van der Waals surface area contributed by atoms with Gasteiger partial charge in [-0.2, -0.15) is 0 Å². The van der Waals surface area contributed by atoms with Crippen molar-refractivity contribution >= 4 is 5.91 Å². The Bertz CT molecular complexity index is 530. The van der Waals surface area contributed by atoms with Crippen LogP contribution in [-0.2, 0) is 4.79 Å². The molecule has 2 N–H and O–H groups in total. The van der Waals surface area contributed by atoms with Gasteiger partial charge in [0.15, 0.2) is 11.6 Å². The summed E-state index contributed by atoms with van der Waals surface area (Å²) in [4.78, 5) is 12.2. The third-order valence-corrected chi connectivity index (χ3v) is 4.75. The molecule has 1 fully saturated rings. The SMILES string of the molecule is COc1ccc(C(C)NC(=O)CC(C)C2CCNCC2)cc1F. The monoisotopic (exact) mass is 322 g/mol. The molecule has 0 radical (unpaired) electrons. The van der Waals surface area contributed by atoms with Gasteiger partial charge in [-0.05, 0) is 62.4 Å². The number of carbonyl (C=O) groups excluding carboxylic acids is 1. The minimum absolute atomic E-state index is 0.0276. The zero-order valence-corrected chi connectivity index (χ0v) is 14.2. The van der Waals surface area contributed by atoms with E-state index in [1.54, 1.807) is 12.1 Å². The lowest BCUT2D eigenvalue weighted by molar-refractivity contribution is -0.123. The molecule has 23 heavy (non-hydrogen) atoms. The molecule has 128 valence electrons. The lowest BCUT2D eigenvalue weighted by Crippen LogP contribution is -2.34. The molecule has 2 unspecified atom stereocenters. The largest absolute Gasteiger partial charge is 0.494 e. The van der Waals surface area contributed by atoms with Gasteiger partial charge in [0.05, 0.1) is 13.2 Å². The maximum atomic E-state index is 13.8. The highest BCUT2D eigenvalue weighted by atomic mass is 19.1. The van der Waals surface area contributed by atoms with E-state index in [1.807, 2.05) is 6.92 Å². The molecule has 0 bridgehead atoms. The van der Waals surface area contributed by atoms with E-state index >= 15 is 0 Å². The van der Waals surface area contributed by atoms with Crippen molar-refractivity contribution in [1.29, 1.82) is 0 Å². The molecule has 0 saturated carbocycles. The van der Waals surface area contributed by atoms with E-state index < -0.39 is 5.82 Å².